The van der Waals surface area contributed by atoms with Crippen molar-refractivity contribution in [2.45, 2.75) is 11.4 Å². The second-order valence-electron chi connectivity index (χ2n) is 6.47. The number of amides is 1. The number of para-hydroxylation sites is 1. The molecule has 154 valence electrons. The summed E-state index contributed by atoms with van der Waals surface area (Å²) in [6, 6.07) is 14.2. The SMILES string of the molecule is Cn1c(=O)sc2cc(S(=O)(=O)Nc3ccccc3C(=O)NCc3ccco3)ccc21. The van der Waals surface area contributed by atoms with Crippen molar-refractivity contribution in [3.63, 3.8) is 0 Å². The second-order valence-corrected chi connectivity index (χ2v) is 9.15. The molecule has 8 nitrogen and oxygen atoms in total. The lowest BCUT2D eigenvalue weighted by Crippen LogP contribution is -2.24. The number of benzene rings is 2. The van der Waals surface area contributed by atoms with Gasteiger partial charge in [-0.3, -0.25) is 14.3 Å². The zero-order valence-corrected chi connectivity index (χ0v) is 17.4. The van der Waals surface area contributed by atoms with Gasteiger partial charge >= 0.3 is 4.87 Å². The Balaban J connectivity index is 1.60. The molecule has 0 radical (unpaired) electrons. The van der Waals surface area contributed by atoms with Crippen molar-refractivity contribution < 1.29 is 17.6 Å². The zero-order chi connectivity index (χ0) is 21.3. The van der Waals surface area contributed by atoms with E-state index in [0.717, 1.165) is 11.3 Å². The first-order valence-electron chi connectivity index (χ1n) is 8.87. The molecule has 0 atom stereocenters. The first-order chi connectivity index (χ1) is 14.3. The Labute approximate surface area is 175 Å². The number of aryl methyl sites for hydroxylation is 1. The largest absolute Gasteiger partial charge is 0.467 e. The van der Waals surface area contributed by atoms with Gasteiger partial charge in [0.2, 0.25) is 0 Å². The average molecular weight is 444 g/mol. The van der Waals surface area contributed by atoms with Crippen LogP contribution in [0.1, 0.15) is 16.1 Å². The molecule has 2 aromatic heterocycles. The number of sulfonamides is 1. The number of carbonyl (C=O) groups excluding carboxylic acids is 1. The predicted molar refractivity (Wildman–Crippen MR) is 114 cm³/mol. The number of rotatable bonds is 6. The highest BCUT2D eigenvalue weighted by Gasteiger charge is 2.20. The minimum Gasteiger partial charge on any atom is -0.467 e. The molecule has 4 aromatic rings. The summed E-state index contributed by atoms with van der Waals surface area (Å²) in [5, 5.41) is 2.70. The van der Waals surface area contributed by atoms with Crippen molar-refractivity contribution >= 4 is 43.2 Å². The van der Waals surface area contributed by atoms with Gasteiger partial charge in [-0.05, 0) is 42.5 Å². The topological polar surface area (TPSA) is 110 Å². The van der Waals surface area contributed by atoms with Crippen LogP contribution in [-0.4, -0.2) is 18.9 Å². The van der Waals surface area contributed by atoms with Crippen molar-refractivity contribution in [1.29, 1.82) is 0 Å². The fourth-order valence-corrected chi connectivity index (χ4v) is 5.03. The van der Waals surface area contributed by atoms with Gasteiger partial charge < -0.3 is 14.3 Å². The number of aromatic nitrogens is 1. The van der Waals surface area contributed by atoms with Crippen LogP contribution in [0, 0.1) is 0 Å². The number of hydrogen-bond acceptors (Lipinski definition) is 6. The summed E-state index contributed by atoms with van der Waals surface area (Å²) >= 11 is 0.971. The van der Waals surface area contributed by atoms with E-state index in [9.17, 15) is 18.0 Å². The van der Waals surface area contributed by atoms with E-state index in [2.05, 4.69) is 10.0 Å². The Morgan fingerprint density at radius 3 is 2.70 bits per heavy atom. The first-order valence-corrected chi connectivity index (χ1v) is 11.2. The van der Waals surface area contributed by atoms with Gasteiger partial charge in [0.25, 0.3) is 15.9 Å². The summed E-state index contributed by atoms with van der Waals surface area (Å²) in [4.78, 5) is 24.2. The summed E-state index contributed by atoms with van der Waals surface area (Å²) in [6.07, 6.45) is 1.50. The lowest BCUT2D eigenvalue weighted by Gasteiger charge is -2.12. The van der Waals surface area contributed by atoms with Gasteiger partial charge in [-0.25, -0.2) is 8.42 Å². The third-order valence-electron chi connectivity index (χ3n) is 4.49. The van der Waals surface area contributed by atoms with Gasteiger partial charge in [0.1, 0.15) is 5.76 Å². The molecule has 0 saturated heterocycles. The molecule has 0 aliphatic rings. The number of nitrogens with zero attached hydrogens (tertiary/aromatic N) is 1. The molecule has 0 aliphatic carbocycles. The van der Waals surface area contributed by atoms with Gasteiger partial charge in [-0.1, -0.05) is 23.5 Å². The van der Waals surface area contributed by atoms with Crippen molar-refractivity contribution in [3.8, 4) is 0 Å². The van der Waals surface area contributed by atoms with Crippen LogP contribution in [0.3, 0.4) is 0 Å². The highest BCUT2D eigenvalue weighted by molar-refractivity contribution is 7.92. The second kappa shape index (κ2) is 7.81. The summed E-state index contributed by atoms with van der Waals surface area (Å²) in [7, 11) is -2.35. The summed E-state index contributed by atoms with van der Waals surface area (Å²) in [5.74, 6) is 0.137. The van der Waals surface area contributed by atoms with Gasteiger partial charge in [-0.15, -0.1) is 0 Å². The number of furan rings is 1. The lowest BCUT2D eigenvalue weighted by molar-refractivity contribution is 0.0949. The van der Waals surface area contributed by atoms with E-state index in [1.165, 1.54) is 35.1 Å². The Kier molecular flexibility index (Phi) is 5.18. The lowest BCUT2D eigenvalue weighted by atomic mass is 10.1. The molecule has 0 bridgehead atoms. The third-order valence-corrected chi connectivity index (χ3v) is 6.85. The van der Waals surface area contributed by atoms with Gasteiger partial charge in [0, 0.05) is 7.05 Å². The molecular weight excluding hydrogens is 426 g/mol. The molecule has 0 fully saturated rings. The van der Waals surface area contributed by atoms with Crippen LogP contribution in [0.2, 0.25) is 0 Å². The molecule has 0 spiro atoms. The van der Waals surface area contributed by atoms with Crippen molar-refractivity contribution in [2.24, 2.45) is 7.05 Å². The molecule has 2 aromatic carbocycles. The molecule has 0 saturated carbocycles. The molecule has 0 unspecified atom stereocenters. The van der Waals surface area contributed by atoms with Crippen LogP contribution in [0.5, 0.6) is 0 Å². The van der Waals surface area contributed by atoms with Gasteiger partial charge in [-0.2, -0.15) is 0 Å². The molecule has 2 heterocycles. The van der Waals surface area contributed by atoms with E-state index < -0.39 is 15.9 Å². The molecule has 1 amide bonds. The van der Waals surface area contributed by atoms with Crippen molar-refractivity contribution in [3.05, 3.63) is 81.9 Å². The number of carbonyl (C=O) groups is 1. The first kappa shape index (κ1) is 19.9. The van der Waals surface area contributed by atoms with Crippen LogP contribution in [0.15, 0.2) is 75.0 Å². The quantitative estimate of drug-likeness (QED) is 0.476. The molecule has 10 heteroatoms. The van der Waals surface area contributed by atoms with Crippen LogP contribution in [0.4, 0.5) is 5.69 Å². The Hall–Kier alpha value is -3.37. The molecule has 2 N–H and O–H groups in total. The highest BCUT2D eigenvalue weighted by Crippen LogP contribution is 2.24. The smallest absolute Gasteiger partial charge is 0.307 e. The molecule has 30 heavy (non-hydrogen) atoms. The van der Waals surface area contributed by atoms with Gasteiger partial charge in [0.05, 0.1) is 39.2 Å². The fraction of sp³-hybridized carbons (Fsp3) is 0.100. The summed E-state index contributed by atoms with van der Waals surface area (Å²) < 4.78 is 35.5. The van der Waals surface area contributed by atoms with E-state index in [1.807, 2.05) is 0 Å². The number of fused-ring (bicyclic) bond motifs is 1. The summed E-state index contributed by atoms with van der Waals surface area (Å²) in [6.45, 7) is 0.177. The fourth-order valence-electron chi connectivity index (χ4n) is 2.93. The van der Waals surface area contributed by atoms with Crippen LogP contribution < -0.4 is 14.9 Å². The van der Waals surface area contributed by atoms with Crippen molar-refractivity contribution in [2.75, 3.05) is 4.72 Å². The summed E-state index contributed by atoms with van der Waals surface area (Å²) in [5.41, 5.74) is 0.982. The van der Waals surface area contributed by atoms with E-state index >= 15 is 0 Å². The van der Waals surface area contributed by atoms with E-state index in [4.69, 9.17) is 4.42 Å². The van der Waals surface area contributed by atoms with Crippen LogP contribution in [-0.2, 0) is 23.6 Å². The monoisotopic (exact) mass is 443 g/mol. The molecular formula is C20H17N3O5S2. The molecule has 0 aliphatic heterocycles. The van der Waals surface area contributed by atoms with E-state index in [0.29, 0.717) is 16.0 Å². The van der Waals surface area contributed by atoms with Crippen LogP contribution >= 0.6 is 11.3 Å². The zero-order valence-electron chi connectivity index (χ0n) is 15.8. The number of thiazole rings is 1. The van der Waals surface area contributed by atoms with Crippen LogP contribution in [0.25, 0.3) is 10.2 Å². The maximum Gasteiger partial charge on any atom is 0.307 e. The Morgan fingerprint density at radius 2 is 1.93 bits per heavy atom. The third kappa shape index (κ3) is 3.87. The maximum absolute atomic E-state index is 12.9. The Morgan fingerprint density at radius 1 is 1.13 bits per heavy atom. The molecule has 4 rings (SSSR count). The van der Waals surface area contributed by atoms with E-state index in [-0.39, 0.29) is 27.6 Å². The van der Waals surface area contributed by atoms with E-state index in [1.54, 1.807) is 37.4 Å². The average Bonchev–Trinajstić information content (AvgIpc) is 3.34. The predicted octanol–water partition coefficient (Wildman–Crippen LogP) is 2.92. The van der Waals surface area contributed by atoms with Crippen molar-refractivity contribution in [1.82, 2.24) is 9.88 Å². The normalized spacial score (nSPS) is 11.5. The minimum absolute atomic E-state index is 0.00245. The number of nitrogens with one attached hydrogen (secondary N) is 2. The van der Waals surface area contributed by atoms with Gasteiger partial charge in [0.15, 0.2) is 0 Å². The number of anilines is 1. The maximum atomic E-state index is 12.9. The Bertz CT molecular complexity index is 1390. The minimum atomic E-state index is -3.98. The standard InChI is InChI=1S/C20H17N3O5S2/c1-23-17-9-8-14(11-18(17)29-20(23)25)30(26,27)22-16-7-3-2-6-15(16)19(24)21-12-13-5-4-10-28-13/h2-11,22H,12H2,1H3,(H,21,24). The highest BCUT2D eigenvalue weighted by atomic mass is 32.2. The number of hydrogen-bond donors (Lipinski definition) is 2.